The first-order chi connectivity index (χ1) is 9.09. The van der Waals surface area contributed by atoms with E-state index >= 15 is 0 Å². The summed E-state index contributed by atoms with van der Waals surface area (Å²) in [4.78, 5) is 0. The molecule has 0 saturated heterocycles. The zero-order chi connectivity index (χ0) is 14.1. The second kappa shape index (κ2) is 9.08. The van der Waals surface area contributed by atoms with Gasteiger partial charge in [-0.2, -0.15) is 0 Å². The topological polar surface area (TPSA) is 55.5 Å². The Balaban J connectivity index is 2.16. The molecule has 0 heterocycles. The van der Waals surface area contributed by atoms with E-state index in [1.54, 1.807) is 0 Å². The summed E-state index contributed by atoms with van der Waals surface area (Å²) >= 11 is 0. The Labute approximate surface area is 116 Å². The van der Waals surface area contributed by atoms with Gasteiger partial charge in [0, 0.05) is 12.6 Å². The Morgan fingerprint density at radius 2 is 1.89 bits per heavy atom. The van der Waals surface area contributed by atoms with Gasteiger partial charge in [-0.25, -0.2) is 0 Å². The first-order valence-corrected chi connectivity index (χ1v) is 7.15. The minimum absolute atomic E-state index is 0.271. The van der Waals surface area contributed by atoms with E-state index in [-0.39, 0.29) is 6.04 Å². The first kappa shape index (κ1) is 16.2. The molecule has 0 amide bonds. The van der Waals surface area contributed by atoms with Crippen LogP contribution >= 0.6 is 0 Å². The molecule has 0 aliphatic heterocycles. The third-order valence-corrected chi connectivity index (χ3v) is 3.17. The lowest BCUT2D eigenvalue weighted by Crippen LogP contribution is -2.39. The van der Waals surface area contributed by atoms with Crippen molar-refractivity contribution in [2.75, 3.05) is 13.2 Å². The Hall–Kier alpha value is -0.900. The summed E-state index contributed by atoms with van der Waals surface area (Å²) in [7, 11) is 0. The third kappa shape index (κ3) is 7.31. The quantitative estimate of drug-likeness (QED) is 0.674. The number of hydrogen-bond donors (Lipinski definition) is 2. The number of rotatable bonds is 9. The van der Waals surface area contributed by atoms with Crippen molar-refractivity contribution in [1.82, 2.24) is 0 Å². The summed E-state index contributed by atoms with van der Waals surface area (Å²) in [5.74, 6) is 0.703. The van der Waals surface area contributed by atoms with Crippen molar-refractivity contribution in [1.29, 1.82) is 0 Å². The van der Waals surface area contributed by atoms with Crippen LogP contribution in [0.5, 0.6) is 0 Å². The maximum atomic E-state index is 9.94. The molecule has 19 heavy (non-hydrogen) atoms. The standard InChI is InChI=1S/C16H27NO2/c1-13(2)7-6-10-19-12-16(18)15(17)11-14-8-4-3-5-9-14/h3-5,8-9,13,15-16,18H,6-7,10-12,17H2,1-2H3. The summed E-state index contributed by atoms with van der Waals surface area (Å²) in [6, 6.07) is 9.72. The molecule has 0 fully saturated rings. The van der Waals surface area contributed by atoms with Crippen LogP contribution < -0.4 is 5.73 Å². The second-order valence-corrected chi connectivity index (χ2v) is 5.53. The zero-order valence-corrected chi connectivity index (χ0v) is 12.1. The molecule has 0 bridgehead atoms. The van der Waals surface area contributed by atoms with Crippen LogP contribution in [0.25, 0.3) is 0 Å². The number of aliphatic hydroxyl groups is 1. The zero-order valence-electron chi connectivity index (χ0n) is 12.1. The minimum atomic E-state index is -0.598. The van der Waals surface area contributed by atoms with Gasteiger partial charge in [0.15, 0.2) is 0 Å². The van der Waals surface area contributed by atoms with E-state index in [1.165, 1.54) is 0 Å². The van der Waals surface area contributed by atoms with E-state index in [0.717, 1.165) is 18.4 Å². The van der Waals surface area contributed by atoms with Crippen LogP contribution in [-0.4, -0.2) is 30.5 Å². The molecular weight excluding hydrogens is 238 g/mol. The fraction of sp³-hybridized carbons (Fsp3) is 0.625. The maximum absolute atomic E-state index is 9.94. The van der Waals surface area contributed by atoms with Crippen molar-refractivity contribution in [3.05, 3.63) is 35.9 Å². The Morgan fingerprint density at radius 3 is 2.53 bits per heavy atom. The van der Waals surface area contributed by atoms with Crippen LogP contribution in [0.3, 0.4) is 0 Å². The number of ether oxygens (including phenoxy) is 1. The van der Waals surface area contributed by atoms with Crippen LogP contribution in [0.2, 0.25) is 0 Å². The van der Waals surface area contributed by atoms with Crippen molar-refractivity contribution in [3.63, 3.8) is 0 Å². The SMILES string of the molecule is CC(C)CCCOCC(O)C(N)Cc1ccccc1. The average molecular weight is 265 g/mol. The molecule has 1 aromatic rings. The van der Waals surface area contributed by atoms with Crippen molar-refractivity contribution in [2.24, 2.45) is 11.7 Å². The highest BCUT2D eigenvalue weighted by molar-refractivity contribution is 5.16. The summed E-state index contributed by atoms with van der Waals surface area (Å²) in [5, 5.41) is 9.94. The summed E-state index contributed by atoms with van der Waals surface area (Å²) in [5.41, 5.74) is 7.13. The van der Waals surface area contributed by atoms with Crippen LogP contribution in [0, 0.1) is 5.92 Å². The van der Waals surface area contributed by atoms with Crippen LogP contribution in [0.1, 0.15) is 32.3 Å². The average Bonchev–Trinajstić information content (AvgIpc) is 2.38. The largest absolute Gasteiger partial charge is 0.389 e. The Kier molecular flexibility index (Phi) is 7.72. The molecule has 3 N–H and O–H groups in total. The van der Waals surface area contributed by atoms with Crippen LogP contribution in [-0.2, 0) is 11.2 Å². The highest BCUT2D eigenvalue weighted by Gasteiger charge is 2.15. The predicted molar refractivity (Wildman–Crippen MR) is 79.0 cm³/mol. The number of benzene rings is 1. The molecule has 2 atom stereocenters. The van der Waals surface area contributed by atoms with E-state index in [0.29, 0.717) is 25.6 Å². The Bertz CT molecular complexity index is 327. The van der Waals surface area contributed by atoms with Crippen molar-refractivity contribution in [2.45, 2.75) is 45.3 Å². The minimum Gasteiger partial charge on any atom is -0.389 e. The van der Waals surface area contributed by atoms with Crippen molar-refractivity contribution < 1.29 is 9.84 Å². The first-order valence-electron chi connectivity index (χ1n) is 7.15. The molecular formula is C16H27NO2. The summed E-state index contributed by atoms with van der Waals surface area (Å²) in [6.07, 6.45) is 2.28. The van der Waals surface area contributed by atoms with E-state index in [2.05, 4.69) is 13.8 Å². The molecule has 108 valence electrons. The van der Waals surface area contributed by atoms with Crippen molar-refractivity contribution >= 4 is 0 Å². The van der Waals surface area contributed by atoms with Gasteiger partial charge in [-0.15, -0.1) is 0 Å². The molecule has 2 unspecified atom stereocenters. The van der Waals surface area contributed by atoms with E-state index in [9.17, 15) is 5.11 Å². The van der Waals surface area contributed by atoms with Gasteiger partial charge in [-0.05, 0) is 30.7 Å². The molecule has 3 heteroatoms. The molecule has 0 radical (unpaired) electrons. The fourth-order valence-electron chi connectivity index (χ4n) is 1.94. The number of nitrogens with two attached hydrogens (primary N) is 1. The monoisotopic (exact) mass is 265 g/mol. The lowest BCUT2D eigenvalue weighted by Gasteiger charge is -2.19. The molecule has 0 aromatic heterocycles. The molecule has 0 saturated carbocycles. The smallest absolute Gasteiger partial charge is 0.0927 e. The van der Waals surface area contributed by atoms with E-state index in [4.69, 9.17) is 10.5 Å². The van der Waals surface area contributed by atoms with E-state index in [1.807, 2.05) is 30.3 Å². The molecule has 3 nitrogen and oxygen atoms in total. The van der Waals surface area contributed by atoms with Crippen LogP contribution in [0.4, 0.5) is 0 Å². The van der Waals surface area contributed by atoms with E-state index < -0.39 is 6.10 Å². The lowest BCUT2D eigenvalue weighted by atomic mass is 10.0. The maximum Gasteiger partial charge on any atom is 0.0927 e. The fourth-order valence-corrected chi connectivity index (χ4v) is 1.94. The predicted octanol–water partition coefficient (Wildman–Crippen LogP) is 2.37. The van der Waals surface area contributed by atoms with Gasteiger partial charge in [-0.1, -0.05) is 44.2 Å². The van der Waals surface area contributed by atoms with Gasteiger partial charge in [-0.3, -0.25) is 0 Å². The lowest BCUT2D eigenvalue weighted by molar-refractivity contribution is 0.0216. The van der Waals surface area contributed by atoms with Crippen LogP contribution in [0.15, 0.2) is 30.3 Å². The highest BCUT2D eigenvalue weighted by atomic mass is 16.5. The highest BCUT2D eigenvalue weighted by Crippen LogP contribution is 2.06. The Morgan fingerprint density at radius 1 is 1.21 bits per heavy atom. The molecule has 0 spiro atoms. The summed E-state index contributed by atoms with van der Waals surface area (Å²) < 4.78 is 5.47. The summed E-state index contributed by atoms with van der Waals surface area (Å²) in [6.45, 7) is 5.43. The molecule has 0 aliphatic rings. The second-order valence-electron chi connectivity index (χ2n) is 5.53. The van der Waals surface area contributed by atoms with Crippen molar-refractivity contribution in [3.8, 4) is 0 Å². The van der Waals surface area contributed by atoms with Gasteiger partial charge < -0.3 is 15.6 Å². The third-order valence-electron chi connectivity index (χ3n) is 3.17. The molecule has 0 aliphatic carbocycles. The van der Waals surface area contributed by atoms with Gasteiger partial charge in [0.25, 0.3) is 0 Å². The van der Waals surface area contributed by atoms with Gasteiger partial charge in [0.1, 0.15) is 0 Å². The number of hydrogen-bond acceptors (Lipinski definition) is 3. The van der Waals surface area contributed by atoms with Gasteiger partial charge >= 0.3 is 0 Å². The normalized spacial score (nSPS) is 14.6. The molecule has 1 rings (SSSR count). The number of aliphatic hydroxyl groups excluding tert-OH is 1. The van der Waals surface area contributed by atoms with Gasteiger partial charge in [0.05, 0.1) is 12.7 Å². The van der Waals surface area contributed by atoms with Gasteiger partial charge in [0.2, 0.25) is 0 Å². The molecule has 1 aromatic carbocycles.